The molecule has 0 bridgehead atoms. The topological polar surface area (TPSA) is 54.4 Å². The fraction of sp³-hybridized carbons (Fsp3) is 0.429. The molecule has 1 rings (SSSR count). The predicted octanol–water partition coefficient (Wildman–Crippen LogP) is 2.69. The van der Waals surface area contributed by atoms with Gasteiger partial charge in [-0.2, -0.15) is 0 Å². The van der Waals surface area contributed by atoms with Crippen molar-refractivity contribution < 1.29 is 13.5 Å². The minimum absolute atomic E-state index is 0.137. The molecule has 4 heteroatoms. The highest BCUT2D eigenvalue weighted by Crippen LogP contribution is 2.14. The van der Waals surface area contributed by atoms with Gasteiger partial charge >= 0.3 is 0 Å². The second-order valence-electron chi connectivity index (χ2n) is 4.59. The van der Waals surface area contributed by atoms with E-state index >= 15 is 0 Å². The monoisotopic (exact) mass is 268 g/mol. The van der Waals surface area contributed by atoms with E-state index in [0.29, 0.717) is 11.3 Å². The quantitative estimate of drug-likeness (QED) is 0.863. The lowest BCUT2D eigenvalue weighted by molar-refractivity contribution is 0.231. The molecule has 18 heavy (non-hydrogen) atoms. The van der Waals surface area contributed by atoms with Crippen molar-refractivity contribution in [2.24, 2.45) is 5.92 Å². The van der Waals surface area contributed by atoms with E-state index in [0.717, 1.165) is 12.0 Å². The van der Waals surface area contributed by atoms with E-state index in [-0.39, 0.29) is 12.5 Å². The molecule has 1 aromatic rings. The first-order valence-corrected chi connectivity index (χ1v) is 7.59. The Kier molecular flexibility index (Phi) is 5.56. The summed E-state index contributed by atoms with van der Waals surface area (Å²) >= 11 is 0. The third-order valence-corrected chi connectivity index (χ3v) is 4.24. The summed E-state index contributed by atoms with van der Waals surface area (Å²) in [6.45, 7) is 3.99. The van der Waals surface area contributed by atoms with Gasteiger partial charge in [-0.05, 0) is 37.8 Å². The maximum absolute atomic E-state index is 11.9. The highest BCUT2D eigenvalue weighted by atomic mass is 32.2. The average Bonchev–Trinajstić information content (AvgIpc) is 2.35. The third-order valence-electron chi connectivity index (χ3n) is 2.76. The Hall–Kier alpha value is -1.13. The summed E-state index contributed by atoms with van der Waals surface area (Å²) in [5, 5.41) is 10.1. The lowest BCUT2D eigenvalue weighted by Crippen LogP contribution is -1.99. The Bertz CT molecular complexity index is 486. The summed E-state index contributed by atoms with van der Waals surface area (Å²) < 4.78 is 23.8. The molecular formula is C14H20O3S. The minimum Gasteiger partial charge on any atom is -0.396 e. The molecule has 0 aliphatic rings. The molecule has 0 aliphatic heterocycles. The first-order valence-electron chi connectivity index (χ1n) is 6.05. The van der Waals surface area contributed by atoms with E-state index in [2.05, 4.69) is 0 Å². The van der Waals surface area contributed by atoms with Crippen molar-refractivity contribution in [2.45, 2.75) is 31.6 Å². The van der Waals surface area contributed by atoms with Gasteiger partial charge in [-0.25, -0.2) is 8.42 Å². The Labute approximate surface area is 109 Å². The van der Waals surface area contributed by atoms with Gasteiger partial charge in [0.2, 0.25) is 0 Å². The van der Waals surface area contributed by atoms with Gasteiger partial charge in [0, 0.05) is 12.0 Å². The predicted molar refractivity (Wildman–Crippen MR) is 73.0 cm³/mol. The van der Waals surface area contributed by atoms with E-state index in [1.807, 2.05) is 13.8 Å². The average molecular weight is 268 g/mol. The van der Waals surface area contributed by atoms with Crippen LogP contribution in [0.4, 0.5) is 0 Å². The number of aryl methyl sites for hydroxylation is 1. The van der Waals surface area contributed by atoms with Crippen molar-refractivity contribution in [2.75, 3.05) is 6.61 Å². The largest absolute Gasteiger partial charge is 0.396 e. The molecule has 0 heterocycles. The molecule has 100 valence electrons. The van der Waals surface area contributed by atoms with Crippen LogP contribution in [0.5, 0.6) is 0 Å². The maximum atomic E-state index is 11.9. The molecule has 1 aromatic carbocycles. The van der Waals surface area contributed by atoms with Gasteiger partial charge in [0.15, 0.2) is 9.84 Å². The van der Waals surface area contributed by atoms with E-state index in [4.69, 9.17) is 5.11 Å². The summed E-state index contributed by atoms with van der Waals surface area (Å²) in [6, 6.07) is 6.81. The van der Waals surface area contributed by atoms with Crippen molar-refractivity contribution in [3.05, 3.63) is 41.3 Å². The number of allylic oxidation sites excluding steroid dienone is 1. The Balaban J connectivity index is 2.65. The number of hydrogen-bond donors (Lipinski definition) is 1. The van der Waals surface area contributed by atoms with E-state index in [1.54, 1.807) is 30.3 Å². The van der Waals surface area contributed by atoms with Crippen LogP contribution in [0.1, 0.15) is 25.3 Å². The zero-order valence-electron chi connectivity index (χ0n) is 10.8. The van der Waals surface area contributed by atoms with Crippen LogP contribution in [-0.2, 0) is 9.84 Å². The molecular weight excluding hydrogens is 248 g/mol. The molecule has 3 nitrogen and oxygen atoms in total. The van der Waals surface area contributed by atoms with Crippen LogP contribution < -0.4 is 0 Å². The van der Waals surface area contributed by atoms with Crippen LogP contribution in [0.15, 0.2) is 40.6 Å². The number of hydrogen-bond acceptors (Lipinski definition) is 3. The smallest absolute Gasteiger partial charge is 0.199 e. The second-order valence-corrected chi connectivity index (χ2v) is 6.43. The maximum Gasteiger partial charge on any atom is 0.199 e. The summed E-state index contributed by atoms with van der Waals surface area (Å²) in [5.41, 5.74) is 1.04. The number of rotatable bonds is 6. The van der Waals surface area contributed by atoms with Crippen molar-refractivity contribution in [3.63, 3.8) is 0 Å². The van der Waals surface area contributed by atoms with Gasteiger partial charge in [-0.1, -0.05) is 30.7 Å². The van der Waals surface area contributed by atoms with Crippen LogP contribution in [0.25, 0.3) is 0 Å². The molecule has 0 radical (unpaired) electrons. The molecule has 1 N–H and O–H groups in total. The molecule has 0 aliphatic carbocycles. The first kappa shape index (κ1) is 14.9. The summed E-state index contributed by atoms with van der Waals surface area (Å²) in [7, 11) is -3.32. The first-order chi connectivity index (χ1) is 8.45. The second kappa shape index (κ2) is 6.71. The van der Waals surface area contributed by atoms with Crippen molar-refractivity contribution in [1.82, 2.24) is 0 Å². The Morgan fingerprint density at radius 2 is 1.89 bits per heavy atom. The van der Waals surface area contributed by atoms with Gasteiger partial charge < -0.3 is 5.11 Å². The zero-order chi connectivity index (χ0) is 13.6. The van der Waals surface area contributed by atoms with Crippen molar-refractivity contribution >= 4 is 9.84 Å². The van der Waals surface area contributed by atoms with E-state index < -0.39 is 9.84 Å². The van der Waals surface area contributed by atoms with Crippen LogP contribution in [0, 0.1) is 12.8 Å². The van der Waals surface area contributed by atoms with Crippen molar-refractivity contribution in [1.29, 1.82) is 0 Å². The SMILES string of the molecule is Cc1ccc(S(=O)(=O)/C=C/CCC(C)CO)cc1. The van der Waals surface area contributed by atoms with Gasteiger partial charge in [-0.15, -0.1) is 0 Å². The van der Waals surface area contributed by atoms with Gasteiger partial charge in [0.1, 0.15) is 0 Å². The molecule has 0 saturated carbocycles. The molecule has 0 spiro atoms. The lowest BCUT2D eigenvalue weighted by Gasteiger charge is -2.04. The number of sulfone groups is 1. The molecule has 1 unspecified atom stereocenters. The van der Waals surface area contributed by atoms with Gasteiger partial charge in [0.25, 0.3) is 0 Å². The fourth-order valence-electron chi connectivity index (χ4n) is 1.47. The summed E-state index contributed by atoms with van der Waals surface area (Å²) in [4.78, 5) is 0.319. The summed E-state index contributed by atoms with van der Waals surface area (Å²) in [5.74, 6) is 0.205. The number of aliphatic hydroxyl groups excluding tert-OH is 1. The number of aliphatic hydroxyl groups is 1. The molecule has 0 saturated heterocycles. The Morgan fingerprint density at radius 3 is 2.44 bits per heavy atom. The van der Waals surface area contributed by atoms with E-state index in [1.165, 1.54) is 5.41 Å². The number of benzene rings is 1. The van der Waals surface area contributed by atoms with Crippen molar-refractivity contribution in [3.8, 4) is 0 Å². The lowest BCUT2D eigenvalue weighted by atomic mass is 10.1. The summed E-state index contributed by atoms with van der Waals surface area (Å²) in [6.07, 6.45) is 3.10. The molecule has 0 amide bonds. The van der Waals surface area contributed by atoms with Gasteiger partial charge in [0.05, 0.1) is 4.90 Å². The normalized spacial score (nSPS) is 13.9. The molecule has 0 aromatic heterocycles. The highest BCUT2D eigenvalue weighted by molar-refractivity contribution is 7.94. The van der Waals surface area contributed by atoms with Crippen LogP contribution in [0.2, 0.25) is 0 Å². The Morgan fingerprint density at radius 1 is 1.28 bits per heavy atom. The minimum atomic E-state index is -3.32. The third kappa shape index (κ3) is 4.63. The van der Waals surface area contributed by atoms with Crippen LogP contribution >= 0.6 is 0 Å². The standard InChI is InChI=1S/C14H20O3S/c1-12-6-8-14(9-7-12)18(16,17)10-4-3-5-13(2)11-15/h4,6-10,13,15H,3,5,11H2,1-2H3/b10-4+. The molecule has 1 atom stereocenters. The van der Waals surface area contributed by atoms with Crippen LogP contribution in [-0.4, -0.2) is 20.1 Å². The highest BCUT2D eigenvalue weighted by Gasteiger charge is 2.09. The van der Waals surface area contributed by atoms with Crippen LogP contribution in [0.3, 0.4) is 0 Å². The zero-order valence-corrected chi connectivity index (χ0v) is 11.7. The fourth-order valence-corrected chi connectivity index (χ4v) is 2.54. The van der Waals surface area contributed by atoms with Gasteiger partial charge in [-0.3, -0.25) is 0 Å². The molecule has 0 fully saturated rings. The van der Waals surface area contributed by atoms with E-state index in [9.17, 15) is 8.42 Å².